The van der Waals surface area contributed by atoms with E-state index in [4.69, 9.17) is 4.74 Å². The van der Waals surface area contributed by atoms with Crippen LogP contribution < -0.4 is 0 Å². The van der Waals surface area contributed by atoms with Crippen molar-refractivity contribution in [2.75, 3.05) is 7.05 Å². The number of pyridine rings is 2. The highest BCUT2D eigenvalue weighted by molar-refractivity contribution is 9.10. The van der Waals surface area contributed by atoms with Crippen LogP contribution in [0.25, 0.3) is 0 Å². The third kappa shape index (κ3) is 7.83. The van der Waals surface area contributed by atoms with E-state index in [1.54, 1.807) is 59.9 Å². The molecule has 0 atom stereocenters. The van der Waals surface area contributed by atoms with Gasteiger partial charge in [0.2, 0.25) is 0 Å². The Balaban J connectivity index is 0.000000257. The minimum atomic E-state index is -3.79. The molecule has 236 valence electrons. The first-order valence-electron chi connectivity index (χ1n) is 12.9. The van der Waals surface area contributed by atoms with Crippen molar-refractivity contribution in [3.8, 4) is 0 Å². The zero-order valence-corrected chi connectivity index (χ0v) is 29.5. The molecule has 0 fully saturated rings. The lowest BCUT2D eigenvalue weighted by atomic mass is 10.2. The molecule has 0 unspecified atom stereocenters. The zero-order valence-electron chi connectivity index (χ0n) is 24.7. The van der Waals surface area contributed by atoms with Crippen LogP contribution >= 0.6 is 31.9 Å². The summed E-state index contributed by atoms with van der Waals surface area (Å²) >= 11 is 6.45. The van der Waals surface area contributed by atoms with Gasteiger partial charge in [0, 0.05) is 48.8 Å². The van der Waals surface area contributed by atoms with Gasteiger partial charge in [-0.2, -0.15) is 0 Å². The van der Waals surface area contributed by atoms with E-state index in [9.17, 15) is 26.4 Å². The number of aromatic nitrogens is 4. The van der Waals surface area contributed by atoms with Crippen LogP contribution in [-0.2, 0) is 31.3 Å². The van der Waals surface area contributed by atoms with Crippen molar-refractivity contribution in [1.29, 1.82) is 0 Å². The van der Waals surface area contributed by atoms with Gasteiger partial charge >= 0.3 is 6.09 Å². The van der Waals surface area contributed by atoms with Gasteiger partial charge in [0.15, 0.2) is 6.29 Å². The summed E-state index contributed by atoms with van der Waals surface area (Å²) in [6, 6.07) is 9.20. The Morgan fingerprint density at radius 2 is 1.39 bits per heavy atom. The number of halogens is 2. The summed E-state index contributed by atoms with van der Waals surface area (Å²) in [5, 5.41) is 0. The van der Waals surface area contributed by atoms with E-state index in [0.717, 1.165) is 3.97 Å². The van der Waals surface area contributed by atoms with Crippen LogP contribution in [0.4, 0.5) is 4.79 Å². The van der Waals surface area contributed by atoms with Crippen LogP contribution in [0, 0.1) is 13.8 Å². The number of hydrogen-bond acceptors (Lipinski definition) is 9. The van der Waals surface area contributed by atoms with Crippen molar-refractivity contribution in [3.63, 3.8) is 0 Å². The quantitative estimate of drug-likeness (QED) is 0.220. The van der Waals surface area contributed by atoms with Crippen LogP contribution in [0.3, 0.4) is 0 Å². The number of ether oxygens (including phenoxy) is 1. The summed E-state index contributed by atoms with van der Waals surface area (Å²) in [6.45, 7) is 8.85. The molecule has 44 heavy (non-hydrogen) atoms. The number of rotatable bonds is 7. The second-order valence-electron chi connectivity index (χ2n) is 10.5. The summed E-state index contributed by atoms with van der Waals surface area (Å²) < 4.78 is 58.8. The first kappa shape index (κ1) is 35.1. The smallest absolute Gasteiger partial charge is 0.410 e. The molecule has 0 saturated heterocycles. The zero-order chi connectivity index (χ0) is 33.0. The van der Waals surface area contributed by atoms with Crippen molar-refractivity contribution in [2.24, 2.45) is 0 Å². The molecule has 16 heteroatoms. The lowest BCUT2D eigenvalue weighted by Gasteiger charge is -2.24. The van der Waals surface area contributed by atoms with Gasteiger partial charge in [0.25, 0.3) is 20.0 Å². The van der Waals surface area contributed by atoms with E-state index < -0.39 is 31.7 Å². The molecule has 0 aromatic carbocycles. The van der Waals surface area contributed by atoms with Crippen LogP contribution in [-0.4, -0.2) is 64.7 Å². The third-order valence-corrected chi connectivity index (χ3v) is 11.2. The third-order valence-electron chi connectivity index (χ3n) is 6.03. The number of aldehydes is 1. The number of nitrogens with zero attached hydrogens (tertiary/aromatic N) is 5. The summed E-state index contributed by atoms with van der Waals surface area (Å²) in [7, 11) is -5.93. The highest BCUT2D eigenvalue weighted by atomic mass is 79.9. The molecule has 0 aliphatic carbocycles. The fourth-order valence-corrected chi connectivity index (χ4v) is 8.92. The lowest BCUT2D eigenvalue weighted by Crippen LogP contribution is -2.33. The van der Waals surface area contributed by atoms with Crippen LogP contribution in [0.15, 0.2) is 80.2 Å². The molecule has 0 aliphatic rings. The first-order chi connectivity index (χ1) is 20.4. The Hall–Kier alpha value is -3.34. The Kier molecular flexibility index (Phi) is 11.0. The normalized spacial score (nSPS) is 11.8. The predicted molar refractivity (Wildman–Crippen MR) is 170 cm³/mol. The number of amides is 1. The molecule has 4 aromatic heterocycles. The maximum atomic E-state index is 12.9. The lowest BCUT2D eigenvalue weighted by molar-refractivity contribution is 0.0285. The van der Waals surface area contributed by atoms with E-state index in [1.165, 1.54) is 51.9 Å². The van der Waals surface area contributed by atoms with Crippen molar-refractivity contribution >= 4 is 64.3 Å². The van der Waals surface area contributed by atoms with Crippen LogP contribution in [0.1, 0.15) is 48.1 Å². The largest absolute Gasteiger partial charge is 0.444 e. The van der Waals surface area contributed by atoms with Crippen LogP contribution in [0.2, 0.25) is 0 Å². The van der Waals surface area contributed by atoms with Crippen molar-refractivity contribution in [3.05, 3.63) is 92.9 Å². The van der Waals surface area contributed by atoms with E-state index in [1.807, 2.05) is 0 Å². The maximum Gasteiger partial charge on any atom is 0.410 e. The molecular formula is C28H31Br2N5O7S2. The molecule has 12 nitrogen and oxygen atoms in total. The fraction of sp³-hybridized carbons (Fsp3) is 0.286. The topological polar surface area (TPSA) is 151 Å². The van der Waals surface area contributed by atoms with Gasteiger partial charge < -0.3 is 9.64 Å². The molecular weight excluding hydrogens is 742 g/mol. The average molecular weight is 774 g/mol. The van der Waals surface area contributed by atoms with E-state index in [2.05, 4.69) is 41.8 Å². The Morgan fingerprint density at radius 1 is 0.909 bits per heavy atom. The van der Waals surface area contributed by atoms with E-state index >= 15 is 0 Å². The van der Waals surface area contributed by atoms with Gasteiger partial charge in [-0.1, -0.05) is 0 Å². The number of carbonyl (C=O) groups is 2. The SMILES string of the molecule is Cc1c(C=O)cc(Br)n1S(=O)(=O)c1cccnc1.Cc1c(CN(C)C(=O)OC(C)(C)C)cc(Br)n1S(=O)(=O)c1cccnc1. The average Bonchev–Trinajstić information content (AvgIpc) is 3.41. The molecule has 0 aliphatic heterocycles. The molecule has 4 aromatic rings. The Morgan fingerprint density at radius 3 is 1.80 bits per heavy atom. The predicted octanol–water partition coefficient (Wildman–Crippen LogP) is 5.56. The number of hydrogen-bond donors (Lipinski definition) is 0. The summed E-state index contributed by atoms with van der Waals surface area (Å²) in [4.78, 5) is 32.2. The van der Waals surface area contributed by atoms with Gasteiger partial charge in [-0.15, -0.1) is 0 Å². The molecule has 0 radical (unpaired) electrons. The summed E-state index contributed by atoms with van der Waals surface area (Å²) in [5.74, 6) is 0. The van der Waals surface area contributed by atoms with Gasteiger partial charge in [-0.05, 0) is 108 Å². The molecule has 4 heterocycles. The standard InChI is InChI=1S/C17H22BrN3O4S.C11H9BrN2O3S/c1-12-13(11-20(5)16(22)25-17(2,3)4)9-15(18)21(12)26(23,24)14-7-6-8-19-10-14;1-8-9(7-15)5-11(12)14(8)18(16,17)10-3-2-4-13-6-10/h6-10H,11H2,1-5H3;2-7H,1H3. The van der Waals surface area contributed by atoms with Gasteiger partial charge in [0.1, 0.15) is 24.6 Å². The second-order valence-corrected chi connectivity index (χ2v) is 15.7. The molecule has 0 spiro atoms. The highest BCUT2D eigenvalue weighted by Gasteiger charge is 2.26. The van der Waals surface area contributed by atoms with Gasteiger partial charge in [0.05, 0.1) is 6.54 Å². The second kappa shape index (κ2) is 13.7. The summed E-state index contributed by atoms with van der Waals surface area (Å²) in [6.07, 6.45) is 5.71. The summed E-state index contributed by atoms with van der Waals surface area (Å²) in [5.41, 5.74) is 1.29. The number of carbonyl (C=O) groups excluding carboxylic acids is 2. The Labute approximate surface area is 273 Å². The van der Waals surface area contributed by atoms with Gasteiger partial charge in [-0.25, -0.2) is 29.6 Å². The van der Waals surface area contributed by atoms with Crippen molar-refractivity contribution in [2.45, 2.75) is 56.6 Å². The minimum Gasteiger partial charge on any atom is -0.444 e. The maximum absolute atomic E-state index is 12.9. The Bertz CT molecular complexity index is 1870. The molecule has 0 saturated carbocycles. The molecule has 0 N–H and O–H groups in total. The molecule has 0 bridgehead atoms. The van der Waals surface area contributed by atoms with Crippen molar-refractivity contribution in [1.82, 2.24) is 22.8 Å². The molecule has 1 amide bonds. The molecule has 4 rings (SSSR count). The van der Waals surface area contributed by atoms with E-state index in [-0.39, 0.29) is 16.3 Å². The highest BCUT2D eigenvalue weighted by Crippen LogP contribution is 2.28. The first-order valence-corrected chi connectivity index (χ1v) is 17.3. The monoisotopic (exact) mass is 771 g/mol. The van der Waals surface area contributed by atoms with Crippen LogP contribution in [0.5, 0.6) is 0 Å². The minimum absolute atomic E-state index is 0.0712. The van der Waals surface area contributed by atoms with Crippen molar-refractivity contribution < 1.29 is 31.2 Å². The van der Waals surface area contributed by atoms with Gasteiger partial charge in [-0.3, -0.25) is 14.8 Å². The van der Waals surface area contributed by atoms with E-state index in [0.29, 0.717) is 38.0 Å². The fourth-order valence-electron chi connectivity index (χ4n) is 3.91.